The molecule has 2 heterocycles. The normalized spacial score (nSPS) is 11.8. The Morgan fingerprint density at radius 3 is 1.05 bits per heavy atom. The lowest BCUT2D eigenvalue weighted by molar-refractivity contribution is 0.669. The second-order valence-electron chi connectivity index (χ2n) is 16.4. The number of fused-ring (bicyclic) bond motifs is 12. The number of benzene rings is 11. The van der Waals surface area contributed by atoms with Gasteiger partial charge in [-0.05, 0) is 109 Å². The van der Waals surface area contributed by atoms with E-state index >= 15 is 0 Å². The lowest BCUT2D eigenvalue weighted by Crippen LogP contribution is -2.09. The SMILES string of the molecule is c1ccc2c(c1)oc1c(-c3ccc(N(c4ccc(-c5ccc6c7ccccc7c7ccccc7c6c5)cc4)c4ccc(-c5cccc6c5oc5ccccc56)cc4)cc3)cccc12. The molecule has 0 atom stereocenters. The van der Waals surface area contributed by atoms with E-state index in [0.717, 1.165) is 83.2 Å². The summed E-state index contributed by atoms with van der Waals surface area (Å²) < 4.78 is 12.9. The molecule has 13 rings (SSSR count). The highest BCUT2D eigenvalue weighted by Crippen LogP contribution is 2.42. The van der Waals surface area contributed by atoms with E-state index in [1.165, 1.54) is 43.4 Å². The molecule has 0 aliphatic rings. The van der Waals surface area contributed by atoms with E-state index in [1.807, 2.05) is 24.3 Å². The van der Waals surface area contributed by atoms with Crippen molar-refractivity contribution in [1.29, 1.82) is 0 Å². The summed E-state index contributed by atoms with van der Waals surface area (Å²) in [5.74, 6) is 0. The van der Waals surface area contributed by atoms with E-state index in [-0.39, 0.29) is 0 Å². The molecule has 0 saturated carbocycles. The van der Waals surface area contributed by atoms with E-state index < -0.39 is 0 Å². The standard InChI is InChI=1S/C60H37NO2/c1-2-13-49-47(11-1)48-12-3-4-14-50(48)56-37-41(29-36-51(49)56)38-23-30-42(31-24-38)61(43-32-25-39(26-33-43)45-17-9-19-54-52-15-5-7-21-57(52)62-59(45)54)44-34-27-40(28-35-44)46-18-10-20-55-53-16-6-8-22-58(53)63-60(46)55/h1-37H. The number of rotatable bonds is 6. The van der Waals surface area contributed by atoms with Crippen LogP contribution >= 0.6 is 0 Å². The molecule has 0 fully saturated rings. The van der Waals surface area contributed by atoms with Crippen LogP contribution in [0.5, 0.6) is 0 Å². The van der Waals surface area contributed by atoms with Gasteiger partial charge in [0.05, 0.1) is 0 Å². The number of hydrogen-bond donors (Lipinski definition) is 0. The first-order chi connectivity index (χ1) is 31.2. The highest BCUT2D eigenvalue weighted by atomic mass is 16.3. The minimum atomic E-state index is 0.900. The van der Waals surface area contributed by atoms with Crippen LogP contribution in [0.25, 0.3) is 110 Å². The third-order valence-corrected chi connectivity index (χ3v) is 12.9. The zero-order valence-electron chi connectivity index (χ0n) is 34.1. The van der Waals surface area contributed by atoms with Crippen LogP contribution in [0.15, 0.2) is 233 Å². The van der Waals surface area contributed by atoms with Gasteiger partial charge in [0.2, 0.25) is 0 Å². The summed E-state index contributed by atoms with van der Waals surface area (Å²) in [6, 6.07) is 80.4. The van der Waals surface area contributed by atoms with Crippen LogP contribution in [0, 0.1) is 0 Å². The van der Waals surface area contributed by atoms with Gasteiger partial charge in [0.25, 0.3) is 0 Å². The van der Waals surface area contributed by atoms with E-state index in [1.54, 1.807) is 0 Å². The van der Waals surface area contributed by atoms with Crippen molar-refractivity contribution in [3.05, 3.63) is 224 Å². The summed E-state index contributed by atoms with van der Waals surface area (Å²) >= 11 is 0. The molecule has 2 aromatic heterocycles. The molecule has 11 aromatic carbocycles. The fraction of sp³-hybridized carbons (Fsp3) is 0. The molecule has 0 unspecified atom stereocenters. The van der Waals surface area contributed by atoms with Crippen LogP contribution < -0.4 is 4.90 Å². The van der Waals surface area contributed by atoms with Crippen LogP contribution in [0.3, 0.4) is 0 Å². The topological polar surface area (TPSA) is 29.5 Å². The van der Waals surface area contributed by atoms with Gasteiger partial charge in [0.1, 0.15) is 22.3 Å². The number of nitrogens with zero attached hydrogens (tertiary/aromatic N) is 1. The average Bonchev–Trinajstić information content (AvgIpc) is 3.94. The number of furan rings is 2. The summed E-state index contributed by atoms with van der Waals surface area (Å²) in [4.78, 5) is 2.33. The predicted octanol–water partition coefficient (Wildman–Crippen LogP) is 17.4. The number of anilines is 3. The van der Waals surface area contributed by atoms with Crippen LogP contribution in [0.2, 0.25) is 0 Å². The minimum absolute atomic E-state index is 0.900. The van der Waals surface area contributed by atoms with Gasteiger partial charge in [-0.2, -0.15) is 0 Å². The molecule has 0 N–H and O–H groups in total. The van der Waals surface area contributed by atoms with Crippen molar-refractivity contribution in [2.24, 2.45) is 0 Å². The smallest absolute Gasteiger partial charge is 0.143 e. The molecule has 63 heavy (non-hydrogen) atoms. The third kappa shape index (κ3) is 5.67. The summed E-state index contributed by atoms with van der Waals surface area (Å²) in [6.07, 6.45) is 0. The molecule has 3 nitrogen and oxygen atoms in total. The first kappa shape index (κ1) is 35.4. The van der Waals surface area contributed by atoms with Crippen molar-refractivity contribution in [2.45, 2.75) is 0 Å². The zero-order valence-corrected chi connectivity index (χ0v) is 34.1. The fourth-order valence-electron chi connectivity index (χ4n) is 9.87. The third-order valence-electron chi connectivity index (χ3n) is 12.9. The van der Waals surface area contributed by atoms with Crippen molar-refractivity contribution in [3.63, 3.8) is 0 Å². The van der Waals surface area contributed by atoms with E-state index in [0.29, 0.717) is 0 Å². The van der Waals surface area contributed by atoms with Crippen molar-refractivity contribution >= 4 is 93.3 Å². The average molecular weight is 804 g/mol. The molecule has 294 valence electrons. The lowest BCUT2D eigenvalue weighted by atomic mass is 9.92. The first-order valence-corrected chi connectivity index (χ1v) is 21.5. The summed E-state index contributed by atoms with van der Waals surface area (Å²) in [7, 11) is 0. The van der Waals surface area contributed by atoms with Gasteiger partial charge in [-0.3, -0.25) is 0 Å². The van der Waals surface area contributed by atoms with E-state index in [9.17, 15) is 0 Å². The zero-order chi connectivity index (χ0) is 41.4. The van der Waals surface area contributed by atoms with Gasteiger partial charge < -0.3 is 13.7 Å². The Kier molecular flexibility index (Phi) is 7.91. The monoisotopic (exact) mass is 803 g/mol. The van der Waals surface area contributed by atoms with Crippen LogP contribution in [0.1, 0.15) is 0 Å². The van der Waals surface area contributed by atoms with Gasteiger partial charge in [0.15, 0.2) is 0 Å². The van der Waals surface area contributed by atoms with Gasteiger partial charge >= 0.3 is 0 Å². The quantitative estimate of drug-likeness (QED) is 0.157. The Morgan fingerprint density at radius 2 is 0.587 bits per heavy atom. The molecule has 0 bridgehead atoms. The minimum Gasteiger partial charge on any atom is -0.455 e. The Labute approximate surface area is 363 Å². The van der Waals surface area contributed by atoms with Crippen molar-refractivity contribution in [2.75, 3.05) is 4.90 Å². The highest BCUT2D eigenvalue weighted by molar-refractivity contribution is 6.25. The Hall–Kier alpha value is -8.40. The molecule has 0 saturated heterocycles. The van der Waals surface area contributed by atoms with Gasteiger partial charge in [0, 0.05) is 49.7 Å². The largest absolute Gasteiger partial charge is 0.455 e. The summed E-state index contributed by atoms with van der Waals surface area (Å²) in [6.45, 7) is 0. The van der Waals surface area contributed by atoms with Crippen LogP contribution in [-0.2, 0) is 0 Å². The van der Waals surface area contributed by atoms with Gasteiger partial charge in [-0.25, -0.2) is 0 Å². The van der Waals surface area contributed by atoms with Crippen molar-refractivity contribution in [1.82, 2.24) is 0 Å². The first-order valence-electron chi connectivity index (χ1n) is 21.5. The van der Waals surface area contributed by atoms with E-state index in [4.69, 9.17) is 8.83 Å². The van der Waals surface area contributed by atoms with Gasteiger partial charge in [-0.15, -0.1) is 0 Å². The summed E-state index contributed by atoms with van der Waals surface area (Å²) in [5.41, 5.74) is 13.5. The van der Waals surface area contributed by atoms with Crippen molar-refractivity contribution < 1.29 is 8.83 Å². The molecule has 0 aliphatic carbocycles. The fourth-order valence-corrected chi connectivity index (χ4v) is 9.87. The summed E-state index contributed by atoms with van der Waals surface area (Å²) in [5, 5.41) is 12.2. The highest BCUT2D eigenvalue weighted by Gasteiger charge is 2.18. The molecule has 13 aromatic rings. The molecule has 0 radical (unpaired) electrons. The number of para-hydroxylation sites is 4. The van der Waals surface area contributed by atoms with Gasteiger partial charge in [-0.1, -0.05) is 170 Å². The maximum Gasteiger partial charge on any atom is 0.143 e. The molecule has 0 spiro atoms. The Balaban J connectivity index is 0.910. The second kappa shape index (κ2) is 14.1. The lowest BCUT2D eigenvalue weighted by Gasteiger charge is -2.26. The van der Waals surface area contributed by atoms with Crippen LogP contribution in [0.4, 0.5) is 17.1 Å². The predicted molar refractivity (Wildman–Crippen MR) is 265 cm³/mol. The maximum atomic E-state index is 6.44. The Bertz CT molecular complexity index is 3700. The van der Waals surface area contributed by atoms with E-state index in [2.05, 4.69) is 205 Å². The second-order valence-corrected chi connectivity index (χ2v) is 16.4. The molecular weight excluding hydrogens is 767 g/mol. The molecule has 0 amide bonds. The molecule has 0 aliphatic heterocycles. The van der Waals surface area contributed by atoms with Crippen LogP contribution in [-0.4, -0.2) is 0 Å². The van der Waals surface area contributed by atoms with Crippen molar-refractivity contribution in [3.8, 4) is 33.4 Å². The maximum absolute atomic E-state index is 6.44. The molecule has 3 heteroatoms. The Morgan fingerprint density at radius 1 is 0.238 bits per heavy atom. The number of hydrogen-bond acceptors (Lipinski definition) is 3. The molecular formula is C60H37NO2.